The number of nitrogens with zero attached hydrogens (tertiary/aromatic N) is 1. The smallest absolute Gasteiger partial charge is 0.387 e. The van der Waals surface area contributed by atoms with E-state index in [2.05, 4.69) is 4.74 Å². The number of ether oxygens (including phenoxy) is 1. The topological polar surface area (TPSA) is 50.1 Å². The fourth-order valence-electron chi connectivity index (χ4n) is 1.90. The summed E-state index contributed by atoms with van der Waals surface area (Å²) in [4.78, 5) is 12.2. The molecule has 0 saturated heterocycles. The molecule has 0 unspecified atom stereocenters. The molecule has 0 atom stereocenters. The summed E-state index contributed by atoms with van der Waals surface area (Å²) in [5, 5.41) is 9.13. The molecule has 2 aromatic rings. The van der Waals surface area contributed by atoms with Gasteiger partial charge in [-0.25, -0.2) is 4.39 Å². The zero-order valence-electron chi connectivity index (χ0n) is 11.7. The minimum atomic E-state index is -3.04. The van der Waals surface area contributed by atoms with Gasteiger partial charge in [-0.3, -0.25) is 4.79 Å². The number of hydrogen-bond donors (Lipinski definition) is 0. The van der Waals surface area contributed by atoms with Crippen LogP contribution in [-0.2, 0) is 0 Å². The lowest BCUT2D eigenvalue weighted by molar-refractivity contribution is -0.0499. The van der Waals surface area contributed by atoms with Crippen molar-refractivity contribution in [2.75, 3.05) is 0 Å². The van der Waals surface area contributed by atoms with Crippen molar-refractivity contribution in [3.8, 4) is 11.8 Å². The lowest BCUT2D eigenvalue weighted by Gasteiger charge is -2.08. The summed E-state index contributed by atoms with van der Waals surface area (Å²) in [5.74, 6) is -1.79. The average molecular weight is 317 g/mol. The van der Waals surface area contributed by atoms with Gasteiger partial charge in [0.05, 0.1) is 5.56 Å². The molecule has 0 aliphatic rings. The Bertz CT molecular complexity index is 794. The Morgan fingerprint density at radius 1 is 1.13 bits per heavy atom. The molecule has 0 aliphatic carbocycles. The lowest BCUT2D eigenvalue weighted by Crippen LogP contribution is -2.06. The Morgan fingerprint density at radius 2 is 1.78 bits per heavy atom. The Labute approximate surface area is 130 Å². The molecule has 0 saturated carbocycles. The number of rotatable bonds is 5. The first-order valence-corrected chi connectivity index (χ1v) is 6.48. The van der Waals surface area contributed by atoms with Gasteiger partial charge in [0.15, 0.2) is 0 Å². The number of benzene rings is 2. The summed E-state index contributed by atoms with van der Waals surface area (Å²) in [6.45, 7) is -3.04. The van der Waals surface area contributed by atoms with Crippen LogP contribution in [0.1, 0.15) is 15.9 Å². The first kappa shape index (κ1) is 16.3. The third kappa shape index (κ3) is 3.98. The van der Waals surface area contributed by atoms with Gasteiger partial charge in [-0.2, -0.15) is 14.0 Å². The highest BCUT2D eigenvalue weighted by molar-refractivity contribution is 6.14. The number of ketones is 1. The molecule has 0 amide bonds. The standard InChI is InChI=1S/C17H10F3NO2/c18-14-7-3-2-6-13(14)16(22)12(10-21)9-11-5-1-4-8-15(11)23-17(19)20/h1-9,17H/b12-9+. The summed E-state index contributed by atoms with van der Waals surface area (Å²) in [5.41, 5.74) is -0.540. The number of allylic oxidation sites excluding steroid dienone is 1. The van der Waals surface area contributed by atoms with E-state index in [4.69, 9.17) is 5.26 Å². The van der Waals surface area contributed by atoms with E-state index in [1.165, 1.54) is 42.5 Å². The van der Waals surface area contributed by atoms with Crippen LogP contribution in [0.15, 0.2) is 54.1 Å². The number of carbonyl (C=O) groups excluding carboxylic acids is 1. The molecule has 0 fully saturated rings. The van der Waals surface area contributed by atoms with Crippen LogP contribution in [0.25, 0.3) is 6.08 Å². The normalized spacial score (nSPS) is 11.2. The summed E-state index contributed by atoms with van der Waals surface area (Å²) in [7, 11) is 0. The van der Waals surface area contributed by atoms with E-state index < -0.39 is 18.2 Å². The fraction of sp³-hybridized carbons (Fsp3) is 0.0588. The Morgan fingerprint density at radius 3 is 2.43 bits per heavy atom. The molecule has 6 heteroatoms. The number of alkyl halides is 2. The van der Waals surface area contributed by atoms with Crippen LogP contribution in [0.3, 0.4) is 0 Å². The zero-order chi connectivity index (χ0) is 16.8. The number of Topliss-reactive ketones (excluding diaryl/α,β-unsaturated/α-hetero) is 1. The van der Waals surface area contributed by atoms with Crippen molar-refractivity contribution in [1.82, 2.24) is 0 Å². The van der Waals surface area contributed by atoms with Crippen LogP contribution in [0.5, 0.6) is 5.75 Å². The molecule has 0 N–H and O–H groups in total. The third-order valence-electron chi connectivity index (χ3n) is 2.92. The van der Waals surface area contributed by atoms with Crippen molar-refractivity contribution < 1.29 is 22.7 Å². The van der Waals surface area contributed by atoms with Gasteiger partial charge in [-0.15, -0.1) is 0 Å². The molecule has 3 nitrogen and oxygen atoms in total. The number of para-hydroxylation sites is 1. The first-order chi connectivity index (χ1) is 11.0. The largest absolute Gasteiger partial charge is 0.434 e. The maximum atomic E-state index is 13.6. The molecule has 2 aromatic carbocycles. The fourth-order valence-corrected chi connectivity index (χ4v) is 1.90. The maximum Gasteiger partial charge on any atom is 0.387 e. The number of hydrogen-bond acceptors (Lipinski definition) is 3. The van der Waals surface area contributed by atoms with Crippen LogP contribution in [0.2, 0.25) is 0 Å². The van der Waals surface area contributed by atoms with Gasteiger partial charge in [0, 0.05) is 5.56 Å². The summed E-state index contributed by atoms with van der Waals surface area (Å²) < 4.78 is 42.7. The predicted molar refractivity (Wildman–Crippen MR) is 77.4 cm³/mol. The van der Waals surface area contributed by atoms with Gasteiger partial charge in [-0.05, 0) is 24.3 Å². The van der Waals surface area contributed by atoms with E-state index in [9.17, 15) is 18.0 Å². The SMILES string of the molecule is N#C/C(=C\c1ccccc1OC(F)F)C(=O)c1ccccc1F. The highest BCUT2D eigenvalue weighted by Crippen LogP contribution is 2.24. The molecular formula is C17H10F3NO2. The Balaban J connectivity index is 2.43. The van der Waals surface area contributed by atoms with Gasteiger partial charge in [0.2, 0.25) is 5.78 Å². The quantitative estimate of drug-likeness (QED) is 0.471. The number of carbonyl (C=O) groups is 1. The molecule has 2 rings (SSSR count). The van der Waals surface area contributed by atoms with Crippen LogP contribution in [0.4, 0.5) is 13.2 Å². The van der Waals surface area contributed by atoms with Crippen LogP contribution >= 0.6 is 0 Å². The predicted octanol–water partition coefficient (Wildman–Crippen LogP) is 4.22. The third-order valence-corrected chi connectivity index (χ3v) is 2.92. The summed E-state index contributed by atoms with van der Waals surface area (Å²) in [6, 6.07) is 12.6. The van der Waals surface area contributed by atoms with Crippen LogP contribution < -0.4 is 4.74 Å². The van der Waals surface area contributed by atoms with E-state index in [0.717, 1.165) is 12.1 Å². The molecule has 0 aliphatic heterocycles. The van der Waals surface area contributed by atoms with Gasteiger partial charge in [-0.1, -0.05) is 30.3 Å². The Kier molecular flexibility index (Phi) is 5.15. The van der Waals surface area contributed by atoms with Gasteiger partial charge < -0.3 is 4.74 Å². The van der Waals surface area contributed by atoms with Crippen molar-refractivity contribution in [2.24, 2.45) is 0 Å². The number of nitriles is 1. The molecule has 0 bridgehead atoms. The molecule has 0 aromatic heterocycles. The van der Waals surface area contributed by atoms with Crippen molar-refractivity contribution in [3.63, 3.8) is 0 Å². The van der Waals surface area contributed by atoms with E-state index >= 15 is 0 Å². The van der Waals surface area contributed by atoms with E-state index in [0.29, 0.717) is 0 Å². The van der Waals surface area contributed by atoms with Crippen LogP contribution in [-0.4, -0.2) is 12.4 Å². The van der Waals surface area contributed by atoms with Crippen molar-refractivity contribution >= 4 is 11.9 Å². The summed E-state index contributed by atoms with van der Waals surface area (Å²) >= 11 is 0. The second-order valence-corrected chi connectivity index (χ2v) is 4.40. The van der Waals surface area contributed by atoms with Gasteiger partial charge in [0.25, 0.3) is 0 Å². The monoisotopic (exact) mass is 317 g/mol. The van der Waals surface area contributed by atoms with Gasteiger partial charge in [0.1, 0.15) is 23.2 Å². The van der Waals surface area contributed by atoms with Crippen molar-refractivity contribution in [2.45, 2.75) is 6.61 Å². The highest BCUT2D eigenvalue weighted by atomic mass is 19.3. The summed E-state index contributed by atoms with van der Waals surface area (Å²) in [6.07, 6.45) is 1.09. The Hall–Kier alpha value is -3.07. The molecule has 0 heterocycles. The zero-order valence-corrected chi connectivity index (χ0v) is 11.7. The maximum absolute atomic E-state index is 13.6. The number of halogens is 3. The highest BCUT2D eigenvalue weighted by Gasteiger charge is 2.17. The van der Waals surface area contributed by atoms with Gasteiger partial charge >= 0.3 is 6.61 Å². The second kappa shape index (κ2) is 7.27. The minimum absolute atomic E-state index is 0.119. The average Bonchev–Trinajstić information content (AvgIpc) is 2.53. The van der Waals surface area contributed by atoms with E-state index in [1.54, 1.807) is 6.07 Å². The second-order valence-electron chi connectivity index (χ2n) is 4.40. The molecule has 23 heavy (non-hydrogen) atoms. The molecule has 0 spiro atoms. The van der Waals surface area contributed by atoms with Crippen molar-refractivity contribution in [1.29, 1.82) is 5.26 Å². The molecule has 116 valence electrons. The van der Waals surface area contributed by atoms with Crippen LogP contribution in [0, 0.1) is 17.1 Å². The molecule has 0 radical (unpaired) electrons. The van der Waals surface area contributed by atoms with E-state index in [1.807, 2.05) is 0 Å². The van der Waals surface area contributed by atoms with Crippen molar-refractivity contribution in [3.05, 3.63) is 71.0 Å². The first-order valence-electron chi connectivity index (χ1n) is 6.48. The lowest BCUT2D eigenvalue weighted by atomic mass is 10.0. The minimum Gasteiger partial charge on any atom is -0.434 e. The molecular weight excluding hydrogens is 307 g/mol. The van der Waals surface area contributed by atoms with E-state index in [-0.39, 0.29) is 22.4 Å².